The quantitative estimate of drug-likeness (QED) is 0.175. The molecule has 2 fully saturated rings. The number of imide groups is 1. The van der Waals surface area contributed by atoms with Crippen LogP contribution < -0.4 is 9.64 Å². The number of hydrogen-bond acceptors (Lipinski definition) is 7. The van der Waals surface area contributed by atoms with Gasteiger partial charge in [0.1, 0.15) is 12.4 Å². The van der Waals surface area contributed by atoms with Gasteiger partial charge in [0.15, 0.2) is 11.6 Å². The number of aromatic carboxylic acids is 1. The molecule has 3 aliphatic carbocycles. The average molecular weight is 694 g/mol. The number of carbonyl (C=O) groups is 5. The lowest BCUT2D eigenvalue weighted by molar-refractivity contribution is -0.135. The molecule has 6 unspecified atom stereocenters. The second-order valence-corrected chi connectivity index (χ2v) is 13.8. The Morgan fingerprint density at radius 3 is 2.27 bits per heavy atom. The fraction of sp³-hybridized carbons (Fsp3) is 0.233. The van der Waals surface area contributed by atoms with Gasteiger partial charge in [-0.15, -0.1) is 0 Å². The molecule has 1 heterocycles. The Bertz CT molecular complexity index is 2190. The summed E-state index contributed by atoms with van der Waals surface area (Å²) in [4.78, 5) is 71.9. The molecule has 2 amide bonds. The van der Waals surface area contributed by atoms with Crippen molar-refractivity contribution in [3.8, 4) is 5.75 Å². The van der Waals surface area contributed by atoms with Gasteiger partial charge in [-0.3, -0.25) is 24.1 Å². The molecule has 6 atom stereocenters. The number of fused-ring (bicyclic) bond motifs is 4. The molecule has 0 radical (unpaired) electrons. The Labute approximate surface area is 299 Å². The highest BCUT2D eigenvalue weighted by atomic mass is 16.5. The number of ether oxygens (including phenoxy) is 1. The Morgan fingerprint density at radius 2 is 1.54 bits per heavy atom. The summed E-state index contributed by atoms with van der Waals surface area (Å²) in [6.07, 6.45) is 3.79. The highest BCUT2D eigenvalue weighted by molar-refractivity contribution is 6.32. The molecule has 0 bridgehead atoms. The molecular weight excluding hydrogens is 658 g/mol. The molecule has 52 heavy (non-hydrogen) atoms. The first-order valence-electron chi connectivity index (χ1n) is 17.4. The Kier molecular flexibility index (Phi) is 8.30. The molecule has 0 aromatic heterocycles. The number of aliphatic hydroxyl groups is 1. The number of hydrogen-bond donors (Lipinski definition) is 2. The van der Waals surface area contributed by atoms with Gasteiger partial charge in [0.25, 0.3) is 0 Å². The van der Waals surface area contributed by atoms with Crippen molar-refractivity contribution in [2.24, 2.45) is 23.7 Å². The predicted molar refractivity (Wildman–Crippen MR) is 191 cm³/mol. The number of Topliss-reactive ketones (excluding diaryl/α,β-unsaturated/α-hetero) is 1. The van der Waals surface area contributed by atoms with Crippen molar-refractivity contribution in [1.29, 1.82) is 0 Å². The molecule has 1 saturated heterocycles. The van der Waals surface area contributed by atoms with Gasteiger partial charge in [-0.05, 0) is 60.2 Å². The van der Waals surface area contributed by atoms with Crippen molar-refractivity contribution in [3.63, 3.8) is 0 Å². The van der Waals surface area contributed by atoms with Crippen LogP contribution in [0.4, 0.5) is 5.69 Å². The van der Waals surface area contributed by atoms with Crippen LogP contribution in [0.1, 0.15) is 45.8 Å². The van der Waals surface area contributed by atoms with E-state index in [1.54, 1.807) is 30.3 Å². The Balaban J connectivity index is 1.35. The summed E-state index contributed by atoms with van der Waals surface area (Å²) in [5.41, 5.74) is 1.69. The fourth-order valence-corrected chi connectivity index (χ4v) is 9.26. The van der Waals surface area contributed by atoms with Crippen LogP contribution in [0, 0.1) is 23.7 Å². The summed E-state index contributed by atoms with van der Waals surface area (Å²) < 4.78 is 6.10. The molecule has 2 N–H and O–H groups in total. The number of rotatable bonds is 8. The number of benzene rings is 4. The smallest absolute Gasteiger partial charge is 0.335 e. The van der Waals surface area contributed by atoms with Crippen LogP contribution >= 0.6 is 0 Å². The number of carbonyl (C=O) groups excluding carboxylic acids is 4. The number of carboxylic acid groups (broad SMARTS) is 1. The summed E-state index contributed by atoms with van der Waals surface area (Å²) in [6.45, 7) is -0.238. The first-order chi connectivity index (χ1) is 25.3. The number of aliphatic hydroxyl groups excluding tert-OH is 1. The number of allylic oxidation sites excluding steroid dienone is 4. The van der Waals surface area contributed by atoms with Crippen LogP contribution in [0.15, 0.2) is 127 Å². The van der Waals surface area contributed by atoms with Gasteiger partial charge in [-0.1, -0.05) is 96.6 Å². The van der Waals surface area contributed by atoms with Crippen LogP contribution in [-0.4, -0.2) is 52.8 Å². The van der Waals surface area contributed by atoms with Gasteiger partial charge in [0.05, 0.1) is 35.1 Å². The largest absolute Gasteiger partial charge is 0.491 e. The monoisotopic (exact) mass is 693 g/mol. The van der Waals surface area contributed by atoms with Crippen LogP contribution in [0.25, 0.3) is 5.57 Å². The number of ketones is 2. The fourth-order valence-electron chi connectivity index (χ4n) is 9.26. The lowest BCUT2D eigenvalue weighted by Crippen LogP contribution is -2.58. The zero-order valence-electron chi connectivity index (χ0n) is 28.1. The topological polar surface area (TPSA) is 138 Å². The van der Waals surface area contributed by atoms with Gasteiger partial charge >= 0.3 is 5.97 Å². The van der Waals surface area contributed by atoms with E-state index in [2.05, 4.69) is 0 Å². The first kappa shape index (κ1) is 33.2. The molecule has 0 spiro atoms. The third-order valence-electron chi connectivity index (χ3n) is 11.3. The molecular formula is C43H35NO8. The van der Waals surface area contributed by atoms with Crippen molar-refractivity contribution in [3.05, 3.63) is 149 Å². The highest BCUT2D eigenvalue weighted by Gasteiger charge is 2.66. The lowest BCUT2D eigenvalue weighted by Gasteiger charge is -2.55. The second kappa shape index (κ2) is 13.0. The summed E-state index contributed by atoms with van der Waals surface area (Å²) in [6, 6.07) is 31.4. The molecule has 1 saturated carbocycles. The third-order valence-corrected chi connectivity index (χ3v) is 11.3. The number of carboxylic acids is 1. The van der Waals surface area contributed by atoms with E-state index in [9.17, 15) is 24.6 Å². The maximum Gasteiger partial charge on any atom is 0.335 e. The van der Waals surface area contributed by atoms with Gasteiger partial charge in [0, 0.05) is 23.0 Å². The summed E-state index contributed by atoms with van der Waals surface area (Å²) in [5.74, 6) is -5.98. The zero-order chi connectivity index (χ0) is 36.1. The SMILES string of the molecule is O=C(O)c1cccc(N2C(=O)C3CC=C4C(CC5C(=O)C(c6ccccc6)=CC(=O)C5(c5ccccc5)C4c4ccccc4OCCO)C3C2=O)c1. The Morgan fingerprint density at radius 1 is 0.827 bits per heavy atom. The predicted octanol–water partition coefficient (Wildman–Crippen LogP) is 5.78. The maximum atomic E-state index is 15.2. The van der Waals surface area contributed by atoms with E-state index >= 15 is 9.59 Å². The molecule has 4 aromatic carbocycles. The van der Waals surface area contributed by atoms with Gasteiger partial charge in [-0.2, -0.15) is 0 Å². The second-order valence-electron chi connectivity index (χ2n) is 13.8. The first-order valence-corrected chi connectivity index (χ1v) is 17.4. The molecule has 4 aliphatic rings. The summed E-state index contributed by atoms with van der Waals surface area (Å²) in [5, 5.41) is 19.4. The Hall–Kier alpha value is -5.93. The van der Waals surface area contributed by atoms with Gasteiger partial charge < -0.3 is 14.9 Å². The molecule has 4 aromatic rings. The van der Waals surface area contributed by atoms with Gasteiger partial charge in [-0.25, -0.2) is 4.79 Å². The number of amides is 2. The minimum atomic E-state index is -1.42. The molecule has 260 valence electrons. The lowest BCUT2D eigenvalue weighted by atomic mass is 9.44. The van der Waals surface area contributed by atoms with Crippen molar-refractivity contribution >= 4 is 40.6 Å². The normalized spacial score (nSPS) is 26.6. The summed E-state index contributed by atoms with van der Waals surface area (Å²) in [7, 11) is 0. The van der Waals surface area contributed by atoms with Crippen LogP contribution in [0.2, 0.25) is 0 Å². The van der Waals surface area contributed by atoms with E-state index in [1.807, 2.05) is 66.7 Å². The van der Waals surface area contributed by atoms with Gasteiger partial charge in [0.2, 0.25) is 11.8 Å². The minimum absolute atomic E-state index is 0.000956. The highest BCUT2D eigenvalue weighted by Crippen LogP contribution is 2.64. The maximum absolute atomic E-state index is 15.2. The zero-order valence-corrected chi connectivity index (χ0v) is 28.1. The van der Waals surface area contributed by atoms with Crippen LogP contribution in [-0.2, 0) is 24.6 Å². The van der Waals surface area contributed by atoms with E-state index in [0.717, 1.165) is 10.5 Å². The molecule has 1 aliphatic heterocycles. The average Bonchev–Trinajstić information content (AvgIpc) is 3.44. The van der Waals surface area contributed by atoms with E-state index in [4.69, 9.17) is 4.74 Å². The number of nitrogens with zero attached hydrogens (tertiary/aromatic N) is 1. The van der Waals surface area contributed by atoms with E-state index in [0.29, 0.717) is 28.0 Å². The summed E-state index contributed by atoms with van der Waals surface area (Å²) >= 11 is 0. The van der Waals surface area contributed by atoms with Crippen LogP contribution in [0.3, 0.4) is 0 Å². The number of anilines is 1. The van der Waals surface area contributed by atoms with Crippen molar-refractivity contribution in [1.82, 2.24) is 0 Å². The standard InChI is InChI=1S/C43H35NO8/c45-20-21-52-35-17-8-7-16-30(35)38-29-18-19-31-37(41(49)44(40(31)48)28-15-9-12-26(22-28)42(50)51)33(29)23-34-39(47)32(25-10-3-1-4-11-25)24-36(46)43(34,38)27-13-5-2-6-14-27/h1-18,22,24,31,33-34,37-38,45H,19-21,23H2,(H,50,51). The van der Waals surface area contributed by atoms with E-state index in [-0.39, 0.29) is 48.9 Å². The molecule has 8 rings (SSSR count). The third kappa shape index (κ3) is 4.98. The number of para-hydroxylation sites is 1. The van der Waals surface area contributed by atoms with Crippen molar-refractivity contribution < 1.29 is 38.9 Å². The van der Waals surface area contributed by atoms with E-state index < -0.39 is 52.8 Å². The van der Waals surface area contributed by atoms with E-state index in [1.165, 1.54) is 24.3 Å². The minimum Gasteiger partial charge on any atom is -0.491 e. The molecule has 9 heteroatoms. The van der Waals surface area contributed by atoms with Crippen LogP contribution in [0.5, 0.6) is 5.75 Å². The molecule has 9 nitrogen and oxygen atoms in total. The van der Waals surface area contributed by atoms with Crippen molar-refractivity contribution in [2.45, 2.75) is 24.2 Å². The van der Waals surface area contributed by atoms with Crippen molar-refractivity contribution in [2.75, 3.05) is 18.1 Å².